The normalized spacial score (nSPS) is 17.1. The number of nitrogens with one attached hydrogen (secondary N) is 1. The highest BCUT2D eigenvalue weighted by Gasteiger charge is 2.24. The Bertz CT molecular complexity index is 170. The molecule has 2 heteroatoms. The number of hydrogen-bond donors (Lipinski definition) is 1. The van der Waals surface area contributed by atoms with Gasteiger partial charge in [0, 0.05) is 18.1 Å². The van der Waals surface area contributed by atoms with Crippen molar-refractivity contribution in [1.29, 1.82) is 0 Å². The van der Waals surface area contributed by atoms with Gasteiger partial charge in [-0.1, -0.05) is 34.1 Å². The van der Waals surface area contributed by atoms with Gasteiger partial charge in [0.05, 0.1) is 0 Å². The van der Waals surface area contributed by atoms with Crippen LogP contribution in [0.4, 0.5) is 0 Å². The molecule has 0 spiro atoms. The van der Waals surface area contributed by atoms with Gasteiger partial charge >= 0.3 is 0 Å². The molecule has 2 nitrogen and oxygen atoms in total. The third-order valence-electron chi connectivity index (χ3n) is 3.94. The molecule has 0 rings (SSSR count). The summed E-state index contributed by atoms with van der Waals surface area (Å²) >= 11 is 0. The minimum absolute atomic E-state index is 0.630. The Balaban J connectivity index is 4.51. The molecule has 3 unspecified atom stereocenters. The molecule has 17 heavy (non-hydrogen) atoms. The summed E-state index contributed by atoms with van der Waals surface area (Å²) in [4.78, 5) is 2.69. The Kier molecular flexibility index (Phi) is 9.85. The second-order valence-electron chi connectivity index (χ2n) is 5.16. The average molecular weight is 242 g/mol. The maximum Gasteiger partial charge on any atom is 0.0223 e. The summed E-state index contributed by atoms with van der Waals surface area (Å²) in [5.74, 6) is 0. The lowest BCUT2D eigenvalue weighted by molar-refractivity contribution is 0.117. The zero-order chi connectivity index (χ0) is 13.3. The number of unbranched alkanes of at least 4 members (excludes halogenated alkanes) is 1. The molecule has 3 atom stereocenters. The summed E-state index contributed by atoms with van der Waals surface area (Å²) in [6, 6.07) is 1.97. The number of likely N-dealkylation sites (N-methyl/N-ethyl adjacent to an activating group) is 1. The third-order valence-corrected chi connectivity index (χ3v) is 3.94. The summed E-state index contributed by atoms with van der Waals surface area (Å²) in [6.45, 7) is 16.1. The van der Waals surface area contributed by atoms with Gasteiger partial charge in [0.15, 0.2) is 0 Å². The molecule has 0 radical (unpaired) electrons. The highest BCUT2D eigenvalue weighted by atomic mass is 15.2. The Morgan fingerprint density at radius 2 is 1.65 bits per heavy atom. The van der Waals surface area contributed by atoms with Crippen LogP contribution in [0.2, 0.25) is 0 Å². The molecule has 0 aromatic heterocycles. The smallest absolute Gasteiger partial charge is 0.0223 e. The van der Waals surface area contributed by atoms with E-state index in [1.807, 2.05) is 0 Å². The van der Waals surface area contributed by atoms with Gasteiger partial charge in [-0.15, -0.1) is 0 Å². The number of nitrogens with zero attached hydrogens (tertiary/aromatic N) is 1. The standard InChI is InChI=1S/C15H34N2/c1-7-11-12-17(13(5)8-2)14(6)15(9-3)16-10-4/h13-16H,7-12H2,1-6H3. The molecule has 0 fully saturated rings. The topological polar surface area (TPSA) is 15.3 Å². The minimum Gasteiger partial charge on any atom is -0.313 e. The highest BCUT2D eigenvalue weighted by Crippen LogP contribution is 2.15. The SMILES string of the molecule is CCCCN(C(C)CC)C(C)C(CC)NCC. The van der Waals surface area contributed by atoms with Gasteiger partial charge < -0.3 is 5.32 Å². The Morgan fingerprint density at radius 3 is 2.06 bits per heavy atom. The van der Waals surface area contributed by atoms with E-state index in [1.165, 1.54) is 32.2 Å². The van der Waals surface area contributed by atoms with E-state index in [0.717, 1.165) is 6.54 Å². The van der Waals surface area contributed by atoms with Gasteiger partial charge in [-0.3, -0.25) is 4.90 Å². The second-order valence-corrected chi connectivity index (χ2v) is 5.16. The number of rotatable bonds is 10. The molecule has 0 saturated heterocycles. The molecule has 0 aliphatic carbocycles. The summed E-state index contributed by atoms with van der Waals surface area (Å²) < 4.78 is 0. The Hall–Kier alpha value is -0.0800. The predicted octanol–water partition coefficient (Wildman–Crippen LogP) is 3.66. The molecule has 0 heterocycles. The molecule has 0 aromatic rings. The van der Waals surface area contributed by atoms with Crippen molar-refractivity contribution in [2.24, 2.45) is 0 Å². The van der Waals surface area contributed by atoms with E-state index in [9.17, 15) is 0 Å². The summed E-state index contributed by atoms with van der Waals surface area (Å²) in [6.07, 6.45) is 5.07. The van der Waals surface area contributed by atoms with Crippen LogP contribution >= 0.6 is 0 Å². The first-order chi connectivity index (χ1) is 8.12. The van der Waals surface area contributed by atoms with Crippen molar-refractivity contribution < 1.29 is 0 Å². The quantitative estimate of drug-likeness (QED) is 0.629. The summed E-state index contributed by atoms with van der Waals surface area (Å²) in [5.41, 5.74) is 0. The van der Waals surface area contributed by atoms with E-state index in [2.05, 4.69) is 51.8 Å². The van der Waals surface area contributed by atoms with Crippen molar-refractivity contribution in [2.75, 3.05) is 13.1 Å². The molecule has 0 amide bonds. The van der Waals surface area contributed by atoms with E-state index in [0.29, 0.717) is 18.1 Å². The van der Waals surface area contributed by atoms with E-state index in [4.69, 9.17) is 0 Å². The van der Waals surface area contributed by atoms with Gasteiger partial charge in [-0.25, -0.2) is 0 Å². The van der Waals surface area contributed by atoms with Crippen molar-refractivity contribution in [2.45, 2.75) is 85.4 Å². The fraction of sp³-hybridized carbons (Fsp3) is 1.00. The predicted molar refractivity (Wildman–Crippen MR) is 78.6 cm³/mol. The lowest BCUT2D eigenvalue weighted by atomic mass is 10.0. The molecule has 1 N–H and O–H groups in total. The highest BCUT2D eigenvalue weighted by molar-refractivity contribution is 4.82. The summed E-state index contributed by atoms with van der Waals surface area (Å²) in [7, 11) is 0. The van der Waals surface area contributed by atoms with Crippen LogP contribution < -0.4 is 5.32 Å². The first-order valence-corrected chi connectivity index (χ1v) is 7.61. The van der Waals surface area contributed by atoms with Crippen LogP contribution in [-0.4, -0.2) is 36.1 Å². The Morgan fingerprint density at radius 1 is 1.00 bits per heavy atom. The fourth-order valence-corrected chi connectivity index (χ4v) is 2.55. The largest absolute Gasteiger partial charge is 0.313 e. The molecule has 0 saturated carbocycles. The van der Waals surface area contributed by atoms with Gasteiger partial charge in [-0.2, -0.15) is 0 Å². The van der Waals surface area contributed by atoms with E-state index >= 15 is 0 Å². The van der Waals surface area contributed by atoms with Crippen LogP contribution in [0.3, 0.4) is 0 Å². The lowest BCUT2D eigenvalue weighted by Crippen LogP contribution is -2.51. The first-order valence-electron chi connectivity index (χ1n) is 7.61. The van der Waals surface area contributed by atoms with Crippen LogP contribution in [0.5, 0.6) is 0 Å². The van der Waals surface area contributed by atoms with Crippen molar-refractivity contribution >= 4 is 0 Å². The van der Waals surface area contributed by atoms with Crippen molar-refractivity contribution in [3.63, 3.8) is 0 Å². The van der Waals surface area contributed by atoms with Crippen LogP contribution in [0.1, 0.15) is 67.2 Å². The van der Waals surface area contributed by atoms with Gasteiger partial charge in [0.2, 0.25) is 0 Å². The third kappa shape index (κ3) is 5.87. The van der Waals surface area contributed by atoms with Crippen molar-refractivity contribution in [3.05, 3.63) is 0 Å². The molecule has 0 aliphatic heterocycles. The Labute approximate surface area is 109 Å². The lowest BCUT2D eigenvalue weighted by Gasteiger charge is -2.38. The maximum atomic E-state index is 3.63. The minimum atomic E-state index is 0.630. The second kappa shape index (κ2) is 9.90. The zero-order valence-corrected chi connectivity index (χ0v) is 12.9. The molecule has 0 aromatic carbocycles. The van der Waals surface area contributed by atoms with Gasteiger partial charge in [-0.05, 0) is 46.2 Å². The van der Waals surface area contributed by atoms with E-state index in [-0.39, 0.29) is 0 Å². The van der Waals surface area contributed by atoms with Crippen LogP contribution in [0, 0.1) is 0 Å². The van der Waals surface area contributed by atoms with E-state index < -0.39 is 0 Å². The molecular formula is C15H34N2. The van der Waals surface area contributed by atoms with Crippen molar-refractivity contribution in [1.82, 2.24) is 10.2 Å². The first kappa shape index (κ1) is 16.9. The maximum absolute atomic E-state index is 3.63. The molecule has 104 valence electrons. The fourth-order valence-electron chi connectivity index (χ4n) is 2.55. The monoisotopic (exact) mass is 242 g/mol. The van der Waals surface area contributed by atoms with E-state index in [1.54, 1.807) is 0 Å². The molecule has 0 bridgehead atoms. The molecular weight excluding hydrogens is 208 g/mol. The van der Waals surface area contributed by atoms with Crippen LogP contribution in [0.15, 0.2) is 0 Å². The summed E-state index contributed by atoms with van der Waals surface area (Å²) in [5, 5.41) is 3.63. The number of hydrogen-bond acceptors (Lipinski definition) is 2. The van der Waals surface area contributed by atoms with Gasteiger partial charge in [0.1, 0.15) is 0 Å². The average Bonchev–Trinajstić information content (AvgIpc) is 2.35. The van der Waals surface area contributed by atoms with Crippen LogP contribution in [0.25, 0.3) is 0 Å². The van der Waals surface area contributed by atoms with Crippen molar-refractivity contribution in [3.8, 4) is 0 Å². The molecule has 0 aliphatic rings. The van der Waals surface area contributed by atoms with Gasteiger partial charge in [0.25, 0.3) is 0 Å². The van der Waals surface area contributed by atoms with Crippen LogP contribution in [-0.2, 0) is 0 Å². The zero-order valence-electron chi connectivity index (χ0n) is 12.9.